The molecular weight excluding hydrogens is 180 g/mol. The molecule has 3 heteroatoms. The predicted octanol–water partition coefficient (Wildman–Crippen LogP) is 1.89. The van der Waals surface area contributed by atoms with Crippen LogP contribution in [0.15, 0.2) is 0 Å². The van der Waals surface area contributed by atoms with E-state index in [1.807, 2.05) is 11.3 Å². The number of hydrogen-bond acceptors (Lipinski definition) is 3. The molecule has 1 aromatic rings. The van der Waals surface area contributed by atoms with Crippen LogP contribution in [0.4, 0.5) is 0 Å². The van der Waals surface area contributed by atoms with Crippen molar-refractivity contribution in [2.24, 2.45) is 5.73 Å². The van der Waals surface area contributed by atoms with Crippen molar-refractivity contribution in [3.8, 4) is 0 Å². The van der Waals surface area contributed by atoms with Crippen LogP contribution in [0, 0.1) is 13.8 Å². The van der Waals surface area contributed by atoms with E-state index in [0.29, 0.717) is 5.41 Å². The Morgan fingerprint density at radius 3 is 2.31 bits per heavy atom. The lowest BCUT2D eigenvalue weighted by Crippen LogP contribution is -2.74. The first-order chi connectivity index (χ1) is 6.03. The predicted molar refractivity (Wildman–Crippen MR) is 54.0 cm³/mol. The lowest BCUT2D eigenvalue weighted by Gasteiger charge is -2.68. The van der Waals surface area contributed by atoms with Crippen LogP contribution < -0.4 is 5.73 Å². The first kappa shape index (κ1) is 7.94. The number of rotatable bonds is 1. The Balaban J connectivity index is 1.95. The van der Waals surface area contributed by atoms with Crippen LogP contribution >= 0.6 is 11.3 Å². The van der Waals surface area contributed by atoms with Crippen molar-refractivity contribution < 1.29 is 0 Å². The Bertz CT molecular complexity index is 341. The highest BCUT2D eigenvalue weighted by Crippen LogP contribution is 2.66. The van der Waals surface area contributed by atoms with Crippen molar-refractivity contribution >= 4 is 11.3 Å². The molecule has 3 aliphatic carbocycles. The molecule has 2 bridgehead atoms. The first-order valence-electron chi connectivity index (χ1n) is 4.77. The van der Waals surface area contributed by atoms with E-state index in [0.717, 1.165) is 0 Å². The van der Waals surface area contributed by atoms with Gasteiger partial charge in [0.25, 0.3) is 0 Å². The minimum Gasteiger partial charge on any atom is -0.325 e. The summed E-state index contributed by atoms with van der Waals surface area (Å²) in [5.74, 6) is 0. The Kier molecular flexibility index (Phi) is 1.21. The van der Waals surface area contributed by atoms with Crippen molar-refractivity contribution in [3.63, 3.8) is 0 Å². The molecule has 0 spiro atoms. The van der Waals surface area contributed by atoms with Gasteiger partial charge in [-0.3, -0.25) is 0 Å². The van der Waals surface area contributed by atoms with E-state index in [9.17, 15) is 0 Å². The van der Waals surface area contributed by atoms with E-state index in [1.54, 1.807) is 0 Å². The first-order valence-corrected chi connectivity index (χ1v) is 5.58. The molecule has 4 rings (SSSR count). The van der Waals surface area contributed by atoms with E-state index in [1.165, 1.54) is 34.8 Å². The fourth-order valence-electron chi connectivity index (χ4n) is 2.79. The summed E-state index contributed by atoms with van der Waals surface area (Å²) < 4.78 is 0. The smallest absolute Gasteiger partial charge is 0.0994 e. The summed E-state index contributed by atoms with van der Waals surface area (Å²) >= 11 is 1.87. The van der Waals surface area contributed by atoms with Crippen LogP contribution in [0.1, 0.15) is 34.8 Å². The molecular formula is C10H14N2S. The van der Waals surface area contributed by atoms with Crippen LogP contribution in [0.25, 0.3) is 0 Å². The second kappa shape index (κ2) is 1.98. The van der Waals surface area contributed by atoms with Crippen molar-refractivity contribution in [3.05, 3.63) is 15.6 Å². The monoisotopic (exact) mass is 194 g/mol. The molecule has 3 aliphatic rings. The number of aryl methyl sites for hydroxylation is 2. The van der Waals surface area contributed by atoms with Crippen LogP contribution in [0.2, 0.25) is 0 Å². The van der Waals surface area contributed by atoms with Gasteiger partial charge in [0.15, 0.2) is 0 Å². The molecule has 2 N–H and O–H groups in total. The van der Waals surface area contributed by atoms with Gasteiger partial charge in [-0.25, -0.2) is 4.98 Å². The SMILES string of the molecule is Cc1nc(C23CC(N)(C2)C3)sc1C. The van der Waals surface area contributed by atoms with Gasteiger partial charge >= 0.3 is 0 Å². The molecule has 0 atom stereocenters. The molecule has 0 aromatic carbocycles. The van der Waals surface area contributed by atoms with Crippen molar-refractivity contribution in [1.29, 1.82) is 0 Å². The van der Waals surface area contributed by atoms with Gasteiger partial charge in [-0.15, -0.1) is 11.3 Å². The summed E-state index contributed by atoms with van der Waals surface area (Å²) in [6.07, 6.45) is 3.52. The third-order valence-corrected chi connectivity index (χ3v) is 4.87. The zero-order valence-corrected chi connectivity index (χ0v) is 8.87. The van der Waals surface area contributed by atoms with E-state index < -0.39 is 0 Å². The second-order valence-electron chi connectivity index (χ2n) is 4.83. The van der Waals surface area contributed by atoms with E-state index in [4.69, 9.17) is 5.73 Å². The van der Waals surface area contributed by atoms with Gasteiger partial charge in [0.2, 0.25) is 0 Å². The maximum Gasteiger partial charge on any atom is 0.0994 e. The Labute approximate surface area is 82.2 Å². The highest BCUT2D eigenvalue weighted by atomic mass is 32.1. The van der Waals surface area contributed by atoms with E-state index >= 15 is 0 Å². The molecule has 70 valence electrons. The molecule has 3 saturated carbocycles. The average Bonchev–Trinajstić information content (AvgIpc) is 2.24. The number of aromatic nitrogens is 1. The van der Waals surface area contributed by atoms with Gasteiger partial charge in [-0.1, -0.05) is 0 Å². The summed E-state index contributed by atoms with van der Waals surface area (Å²) in [5.41, 5.74) is 7.85. The van der Waals surface area contributed by atoms with Crippen molar-refractivity contribution in [1.82, 2.24) is 4.98 Å². The summed E-state index contributed by atoms with van der Waals surface area (Å²) in [6.45, 7) is 4.25. The quantitative estimate of drug-likeness (QED) is 0.741. The lowest BCUT2D eigenvalue weighted by molar-refractivity contribution is -0.0591. The molecule has 2 nitrogen and oxygen atoms in total. The number of hydrogen-bond donors (Lipinski definition) is 1. The van der Waals surface area contributed by atoms with E-state index in [2.05, 4.69) is 18.8 Å². The van der Waals surface area contributed by atoms with Crippen molar-refractivity contribution in [2.75, 3.05) is 0 Å². The van der Waals surface area contributed by atoms with Gasteiger partial charge in [0.05, 0.1) is 10.7 Å². The standard InChI is InChI=1S/C10H14N2S/c1-6-7(2)13-8(12-6)9-3-10(11,4-9)5-9/h3-5,11H2,1-2H3. The van der Waals surface area contributed by atoms with Gasteiger partial charge in [-0.2, -0.15) is 0 Å². The molecule has 0 saturated heterocycles. The molecule has 0 aliphatic heterocycles. The zero-order chi connectivity index (χ0) is 9.27. The number of nitrogens with two attached hydrogens (primary N) is 1. The molecule has 13 heavy (non-hydrogen) atoms. The average molecular weight is 194 g/mol. The summed E-state index contributed by atoms with van der Waals surface area (Å²) in [7, 11) is 0. The summed E-state index contributed by atoms with van der Waals surface area (Å²) in [4.78, 5) is 6.00. The Morgan fingerprint density at radius 2 is 1.92 bits per heavy atom. The Morgan fingerprint density at radius 1 is 1.31 bits per heavy atom. The van der Waals surface area contributed by atoms with Gasteiger partial charge in [-0.05, 0) is 33.1 Å². The summed E-state index contributed by atoms with van der Waals surface area (Å²) in [6, 6.07) is 0. The minimum absolute atomic E-state index is 0.202. The second-order valence-corrected chi connectivity index (χ2v) is 6.04. The highest BCUT2D eigenvalue weighted by Gasteiger charge is 2.67. The third kappa shape index (κ3) is 0.842. The normalized spacial score (nSPS) is 41.2. The highest BCUT2D eigenvalue weighted by molar-refractivity contribution is 7.11. The maximum absolute atomic E-state index is 6.03. The van der Waals surface area contributed by atoms with Crippen LogP contribution in [-0.2, 0) is 5.41 Å². The maximum atomic E-state index is 6.03. The van der Waals surface area contributed by atoms with E-state index in [-0.39, 0.29) is 5.54 Å². The lowest BCUT2D eigenvalue weighted by atomic mass is 9.40. The third-order valence-electron chi connectivity index (χ3n) is 3.55. The topological polar surface area (TPSA) is 38.9 Å². The summed E-state index contributed by atoms with van der Waals surface area (Å²) in [5, 5.41) is 1.34. The fourth-order valence-corrected chi connectivity index (χ4v) is 3.89. The largest absolute Gasteiger partial charge is 0.325 e. The molecule has 1 aromatic heterocycles. The molecule has 3 fully saturated rings. The zero-order valence-electron chi connectivity index (χ0n) is 8.05. The van der Waals surface area contributed by atoms with Gasteiger partial charge in [0.1, 0.15) is 0 Å². The minimum atomic E-state index is 0.202. The number of nitrogens with zero attached hydrogens (tertiary/aromatic N) is 1. The molecule has 0 amide bonds. The molecule has 1 heterocycles. The van der Waals surface area contributed by atoms with Crippen LogP contribution in [-0.4, -0.2) is 10.5 Å². The Hall–Kier alpha value is -0.410. The van der Waals surface area contributed by atoms with Crippen LogP contribution in [0.3, 0.4) is 0 Å². The fraction of sp³-hybridized carbons (Fsp3) is 0.700. The van der Waals surface area contributed by atoms with Crippen LogP contribution in [0.5, 0.6) is 0 Å². The van der Waals surface area contributed by atoms with Crippen molar-refractivity contribution in [2.45, 2.75) is 44.1 Å². The molecule has 0 unspecified atom stereocenters. The van der Waals surface area contributed by atoms with Gasteiger partial charge < -0.3 is 5.73 Å². The molecule has 0 radical (unpaired) electrons. The van der Waals surface area contributed by atoms with Gasteiger partial charge in [0, 0.05) is 15.8 Å². The number of thiazole rings is 1.